The first-order valence-corrected chi connectivity index (χ1v) is 7.86. The zero-order valence-corrected chi connectivity index (χ0v) is 10.8. The lowest BCUT2D eigenvalue weighted by molar-refractivity contribution is 0.0504. The molecule has 2 radical (unpaired) electrons. The average Bonchev–Trinajstić information content (AvgIpc) is 2.86. The van der Waals surface area contributed by atoms with E-state index in [9.17, 15) is 0 Å². The zero-order chi connectivity index (χ0) is 11.2. The molecule has 0 aromatic carbocycles. The first-order valence-electron chi connectivity index (χ1n) is 7.86. The lowest BCUT2D eigenvalue weighted by atomic mass is 9.56. The number of hydrogen-bond acceptors (Lipinski definition) is 0. The van der Waals surface area contributed by atoms with Crippen LogP contribution in [0.15, 0.2) is 11.6 Å². The SMILES string of the molecule is [C]1C=C2CCC3C4CCCC4CCC3C2CC1. The summed E-state index contributed by atoms with van der Waals surface area (Å²) in [6, 6.07) is 0. The standard InChI is InChI=1S/C17H24/c1-2-6-14-12(4-1)8-10-17-15-7-3-5-13(15)9-11-16(14)17/h4,13-17H,2-3,5-11H2. The Balaban J connectivity index is 1.61. The normalized spacial score (nSPS) is 48.9. The topological polar surface area (TPSA) is 0 Å². The molecule has 0 nitrogen and oxygen atoms in total. The van der Waals surface area contributed by atoms with Crippen LogP contribution >= 0.6 is 0 Å². The zero-order valence-electron chi connectivity index (χ0n) is 10.8. The third kappa shape index (κ3) is 1.63. The van der Waals surface area contributed by atoms with E-state index in [1.165, 1.54) is 32.1 Å². The summed E-state index contributed by atoms with van der Waals surface area (Å²) in [5.41, 5.74) is 1.77. The summed E-state index contributed by atoms with van der Waals surface area (Å²) in [7, 11) is 0. The van der Waals surface area contributed by atoms with E-state index < -0.39 is 0 Å². The molecule has 17 heavy (non-hydrogen) atoms. The van der Waals surface area contributed by atoms with Crippen LogP contribution in [-0.2, 0) is 0 Å². The smallest absolute Gasteiger partial charge is 0.00840 e. The first-order chi connectivity index (χ1) is 8.43. The van der Waals surface area contributed by atoms with Crippen molar-refractivity contribution in [3.8, 4) is 0 Å². The first kappa shape index (κ1) is 10.6. The Kier molecular flexibility index (Phi) is 2.59. The maximum absolute atomic E-state index is 3.46. The van der Waals surface area contributed by atoms with Gasteiger partial charge in [0.15, 0.2) is 0 Å². The van der Waals surface area contributed by atoms with Crippen molar-refractivity contribution in [2.75, 3.05) is 0 Å². The van der Waals surface area contributed by atoms with Crippen LogP contribution in [-0.4, -0.2) is 0 Å². The van der Waals surface area contributed by atoms with Crippen molar-refractivity contribution >= 4 is 0 Å². The predicted octanol–water partition coefficient (Wildman–Crippen LogP) is 4.64. The largest absolute Gasteiger partial charge is 0.0770 e. The fraction of sp³-hybridized carbons (Fsp3) is 0.824. The van der Waals surface area contributed by atoms with Crippen molar-refractivity contribution in [2.45, 2.75) is 57.8 Å². The van der Waals surface area contributed by atoms with Gasteiger partial charge in [-0.05, 0) is 74.5 Å². The van der Waals surface area contributed by atoms with E-state index in [1.807, 2.05) is 0 Å². The van der Waals surface area contributed by atoms with Gasteiger partial charge in [0.2, 0.25) is 0 Å². The summed E-state index contributed by atoms with van der Waals surface area (Å²) in [4.78, 5) is 0. The molecule has 3 saturated carbocycles. The second-order valence-electron chi connectivity index (χ2n) is 6.87. The molecule has 0 bridgehead atoms. The Morgan fingerprint density at radius 1 is 0.882 bits per heavy atom. The van der Waals surface area contributed by atoms with E-state index in [0.717, 1.165) is 29.6 Å². The highest BCUT2D eigenvalue weighted by molar-refractivity contribution is 5.21. The Bertz CT molecular complexity index is 327. The van der Waals surface area contributed by atoms with E-state index >= 15 is 0 Å². The van der Waals surface area contributed by atoms with Gasteiger partial charge in [-0.2, -0.15) is 0 Å². The lowest BCUT2D eigenvalue weighted by Crippen LogP contribution is -2.40. The van der Waals surface area contributed by atoms with Gasteiger partial charge in [-0.25, -0.2) is 0 Å². The van der Waals surface area contributed by atoms with Crippen LogP contribution < -0.4 is 0 Å². The molecule has 4 aliphatic rings. The predicted molar refractivity (Wildman–Crippen MR) is 70.3 cm³/mol. The summed E-state index contributed by atoms with van der Waals surface area (Å²) >= 11 is 0. The summed E-state index contributed by atoms with van der Waals surface area (Å²) in [6.07, 6.45) is 19.2. The molecule has 3 fully saturated rings. The molecular formula is C17H24. The van der Waals surface area contributed by atoms with E-state index in [0.29, 0.717) is 0 Å². The van der Waals surface area contributed by atoms with E-state index in [4.69, 9.17) is 0 Å². The molecule has 0 aromatic heterocycles. The fourth-order valence-electron chi connectivity index (χ4n) is 5.67. The van der Waals surface area contributed by atoms with Crippen LogP contribution in [0.25, 0.3) is 0 Å². The molecule has 5 unspecified atom stereocenters. The van der Waals surface area contributed by atoms with Crippen LogP contribution in [0.2, 0.25) is 0 Å². The molecule has 0 N–H and O–H groups in total. The van der Waals surface area contributed by atoms with Crippen molar-refractivity contribution in [1.29, 1.82) is 0 Å². The summed E-state index contributed by atoms with van der Waals surface area (Å²) in [6.45, 7) is 0. The minimum absolute atomic E-state index is 0.969. The fourth-order valence-corrected chi connectivity index (χ4v) is 5.67. The van der Waals surface area contributed by atoms with Gasteiger partial charge < -0.3 is 0 Å². The third-order valence-corrected chi connectivity index (χ3v) is 6.34. The van der Waals surface area contributed by atoms with Gasteiger partial charge >= 0.3 is 0 Å². The van der Waals surface area contributed by atoms with Crippen molar-refractivity contribution in [2.24, 2.45) is 29.6 Å². The molecule has 4 rings (SSSR count). The van der Waals surface area contributed by atoms with Gasteiger partial charge in [0, 0.05) is 6.42 Å². The van der Waals surface area contributed by atoms with Gasteiger partial charge in [-0.15, -0.1) is 0 Å². The quantitative estimate of drug-likeness (QED) is 0.566. The Hall–Kier alpha value is -0.260. The average molecular weight is 228 g/mol. The number of rotatable bonds is 0. The van der Waals surface area contributed by atoms with Crippen LogP contribution in [0.4, 0.5) is 0 Å². The van der Waals surface area contributed by atoms with Gasteiger partial charge in [-0.1, -0.05) is 24.5 Å². The molecular weight excluding hydrogens is 204 g/mol. The molecule has 0 saturated heterocycles. The maximum atomic E-state index is 3.46. The minimum Gasteiger partial charge on any atom is -0.0770 e. The number of allylic oxidation sites excluding steroid dienone is 2. The highest BCUT2D eigenvalue weighted by Gasteiger charge is 2.46. The Labute approximate surface area is 106 Å². The Morgan fingerprint density at radius 3 is 2.88 bits per heavy atom. The van der Waals surface area contributed by atoms with Gasteiger partial charge in [0.05, 0.1) is 0 Å². The van der Waals surface area contributed by atoms with Gasteiger partial charge in [-0.3, -0.25) is 0 Å². The molecule has 0 spiro atoms. The summed E-state index contributed by atoms with van der Waals surface area (Å²) < 4.78 is 0. The van der Waals surface area contributed by atoms with Gasteiger partial charge in [0.25, 0.3) is 0 Å². The van der Waals surface area contributed by atoms with Crippen molar-refractivity contribution in [1.82, 2.24) is 0 Å². The highest BCUT2D eigenvalue weighted by Crippen LogP contribution is 2.56. The molecule has 0 amide bonds. The van der Waals surface area contributed by atoms with Crippen LogP contribution in [0.3, 0.4) is 0 Å². The monoisotopic (exact) mass is 228 g/mol. The second-order valence-corrected chi connectivity index (χ2v) is 6.87. The maximum Gasteiger partial charge on any atom is 0.00840 e. The van der Waals surface area contributed by atoms with E-state index in [-0.39, 0.29) is 0 Å². The third-order valence-electron chi connectivity index (χ3n) is 6.34. The molecule has 5 atom stereocenters. The van der Waals surface area contributed by atoms with Crippen LogP contribution in [0.1, 0.15) is 57.8 Å². The molecule has 0 aliphatic heterocycles. The van der Waals surface area contributed by atoms with Crippen LogP contribution in [0, 0.1) is 36.0 Å². The molecule has 4 aliphatic carbocycles. The molecule has 92 valence electrons. The van der Waals surface area contributed by atoms with E-state index in [2.05, 4.69) is 12.5 Å². The van der Waals surface area contributed by atoms with Gasteiger partial charge in [0.1, 0.15) is 0 Å². The summed E-state index contributed by atoms with van der Waals surface area (Å²) in [5.74, 6) is 5.40. The highest BCUT2D eigenvalue weighted by atomic mass is 14.5. The number of fused-ring (bicyclic) bond motifs is 5. The second kappa shape index (κ2) is 4.14. The van der Waals surface area contributed by atoms with Crippen molar-refractivity contribution in [3.05, 3.63) is 18.1 Å². The molecule has 0 aromatic rings. The summed E-state index contributed by atoms with van der Waals surface area (Å²) in [5, 5.41) is 0. The van der Waals surface area contributed by atoms with Crippen LogP contribution in [0.5, 0.6) is 0 Å². The number of hydrogen-bond donors (Lipinski definition) is 0. The van der Waals surface area contributed by atoms with E-state index in [1.54, 1.807) is 31.3 Å². The minimum atomic E-state index is 0.969. The van der Waals surface area contributed by atoms with Crippen molar-refractivity contribution in [3.63, 3.8) is 0 Å². The Morgan fingerprint density at radius 2 is 1.88 bits per heavy atom. The molecule has 0 heterocycles. The lowest BCUT2D eigenvalue weighted by Gasteiger charge is -2.49. The van der Waals surface area contributed by atoms with Crippen molar-refractivity contribution < 1.29 is 0 Å². The molecule has 0 heteroatoms.